The van der Waals surface area contributed by atoms with Crippen molar-refractivity contribution in [2.75, 3.05) is 12.3 Å². The largest absolute Gasteiger partial charge is 0.399 e. The number of likely N-dealkylation sites (N-methyl/N-ethyl adjacent to an activating group) is 1. The van der Waals surface area contributed by atoms with Gasteiger partial charge in [0.15, 0.2) is 0 Å². The molecule has 6 nitrogen and oxygen atoms in total. The van der Waals surface area contributed by atoms with Crippen LogP contribution >= 0.6 is 12.2 Å². The highest BCUT2D eigenvalue weighted by molar-refractivity contribution is 7.80. The first-order valence-electron chi connectivity index (χ1n) is 5.69. The molecular formula is C12H16N4O2S. The first-order chi connectivity index (χ1) is 8.95. The molecule has 7 heteroatoms. The zero-order chi connectivity index (χ0) is 14.4. The fourth-order valence-corrected chi connectivity index (χ4v) is 1.50. The van der Waals surface area contributed by atoms with E-state index in [-0.39, 0.29) is 4.99 Å². The minimum atomic E-state index is -1.05. The van der Waals surface area contributed by atoms with Gasteiger partial charge in [0, 0.05) is 17.8 Å². The van der Waals surface area contributed by atoms with Gasteiger partial charge in [0.1, 0.15) is 11.0 Å². The van der Waals surface area contributed by atoms with Gasteiger partial charge in [-0.2, -0.15) is 0 Å². The number of hydrogen-bond donors (Lipinski definition) is 4. The lowest BCUT2D eigenvalue weighted by molar-refractivity contribution is -0.120. The molecule has 19 heavy (non-hydrogen) atoms. The maximum Gasteiger partial charge on any atom is 0.256 e. The van der Waals surface area contributed by atoms with Crippen LogP contribution in [0.4, 0.5) is 5.69 Å². The van der Waals surface area contributed by atoms with Gasteiger partial charge < -0.3 is 22.1 Å². The topological polar surface area (TPSA) is 110 Å². The van der Waals surface area contributed by atoms with Gasteiger partial charge in [0.25, 0.3) is 5.91 Å². The normalized spacial score (nSPS) is 11.5. The van der Waals surface area contributed by atoms with Gasteiger partial charge in [-0.15, -0.1) is 0 Å². The molecule has 0 spiro atoms. The summed E-state index contributed by atoms with van der Waals surface area (Å²) in [5.41, 5.74) is 12.1. The van der Waals surface area contributed by atoms with Crippen LogP contribution in [0.3, 0.4) is 0 Å². The van der Waals surface area contributed by atoms with Crippen molar-refractivity contribution < 1.29 is 9.59 Å². The third-order valence-electron chi connectivity index (χ3n) is 2.33. The van der Waals surface area contributed by atoms with Crippen molar-refractivity contribution in [3.63, 3.8) is 0 Å². The summed E-state index contributed by atoms with van der Waals surface area (Å²) < 4.78 is 0. The van der Waals surface area contributed by atoms with E-state index >= 15 is 0 Å². The fourth-order valence-electron chi connectivity index (χ4n) is 1.30. The Morgan fingerprint density at radius 2 is 1.89 bits per heavy atom. The Labute approximate surface area is 116 Å². The van der Waals surface area contributed by atoms with E-state index in [0.29, 0.717) is 17.8 Å². The van der Waals surface area contributed by atoms with E-state index in [4.69, 9.17) is 23.7 Å². The number of carbonyl (C=O) groups excluding carboxylic acids is 2. The number of anilines is 1. The Morgan fingerprint density at radius 1 is 1.32 bits per heavy atom. The summed E-state index contributed by atoms with van der Waals surface area (Å²) >= 11 is 4.93. The molecule has 0 aromatic heterocycles. The van der Waals surface area contributed by atoms with E-state index in [9.17, 15) is 9.59 Å². The quantitative estimate of drug-likeness (QED) is 0.450. The van der Waals surface area contributed by atoms with Gasteiger partial charge in [0.2, 0.25) is 5.91 Å². The Kier molecular flexibility index (Phi) is 5.40. The summed E-state index contributed by atoms with van der Waals surface area (Å²) in [6.45, 7) is 2.21. The Balaban J connectivity index is 2.64. The standard InChI is InChI=1S/C12H16N4O2S/c1-2-15-11(18)9(14)12(19)16-10(17)7-3-5-8(13)6-4-7/h3-6,9H,2,13-14H2,1H3,(H,15,18)(H,16,17,19). The van der Waals surface area contributed by atoms with Crippen molar-refractivity contribution in [3.05, 3.63) is 29.8 Å². The van der Waals surface area contributed by atoms with Crippen LogP contribution in [-0.2, 0) is 4.79 Å². The summed E-state index contributed by atoms with van der Waals surface area (Å²) in [4.78, 5) is 23.3. The zero-order valence-corrected chi connectivity index (χ0v) is 11.3. The maximum absolute atomic E-state index is 11.8. The summed E-state index contributed by atoms with van der Waals surface area (Å²) in [7, 11) is 0. The predicted molar refractivity (Wildman–Crippen MR) is 77.6 cm³/mol. The highest BCUT2D eigenvalue weighted by Crippen LogP contribution is 2.05. The van der Waals surface area contributed by atoms with E-state index in [2.05, 4.69) is 10.6 Å². The number of benzene rings is 1. The van der Waals surface area contributed by atoms with Gasteiger partial charge >= 0.3 is 0 Å². The third-order valence-corrected chi connectivity index (χ3v) is 2.68. The van der Waals surface area contributed by atoms with Crippen molar-refractivity contribution >= 4 is 34.7 Å². The molecule has 1 unspecified atom stereocenters. The van der Waals surface area contributed by atoms with Crippen molar-refractivity contribution in [2.24, 2.45) is 5.73 Å². The van der Waals surface area contributed by atoms with Crippen LogP contribution in [0.2, 0.25) is 0 Å². The predicted octanol–water partition coefficient (Wildman–Crippen LogP) is -0.211. The molecule has 0 aliphatic carbocycles. The lowest BCUT2D eigenvalue weighted by atomic mass is 10.2. The average molecular weight is 280 g/mol. The summed E-state index contributed by atoms with van der Waals surface area (Å²) in [6.07, 6.45) is 0. The number of nitrogens with two attached hydrogens (primary N) is 2. The van der Waals surface area contributed by atoms with Crippen LogP contribution in [0.5, 0.6) is 0 Å². The number of nitrogen functional groups attached to an aromatic ring is 1. The van der Waals surface area contributed by atoms with Crippen LogP contribution in [0.1, 0.15) is 17.3 Å². The number of nitrogens with one attached hydrogen (secondary N) is 2. The van der Waals surface area contributed by atoms with E-state index in [1.54, 1.807) is 31.2 Å². The Morgan fingerprint density at radius 3 is 2.42 bits per heavy atom. The van der Waals surface area contributed by atoms with Gasteiger partial charge in [-0.05, 0) is 31.2 Å². The minimum absolute atomic E-state index is 0.0206. The smallest absolute Gasteiger partial charge is 0.256 e. The first-order valence-corrected chi connectivity index (χ1v) is 6.10. The maximum atomic E-state index is 11.8. The lowest BCUT2D eigenvalue weighted by Gasteiger charge is -2.13. The van der Waals surface area contributed by atoms with E-state index in [1.165, 1.54) is 0 Å². The van der Waals surface area contributed by atoms with Crippen molar-refractivity contribution in [1.82, 2.24) is 10.6 Å². The van der Waals surface area contributed by atoms with Gasteiger partial charge in [-0.25, -0.2) is 0 Å². The van der Waals surface area contributed by atoms with E-state index in [1.807, 2.05) is 0 Å². The monoisotopic (exact) mass is 280 g/mol. The highest BCUT2D eigenvalue weighted by Gasteiger charge is 2.19. The number of hydrogen-bond acceptors (Lipinski definition) is 5. The van der Waals surface area contributed by atoms with Crippen LogP contribution in [-0.4, -0.2) is 29.4 Å². The molecular weight excluding hydrogens is 264 g/mol. The summed E-state index contributed by atoms with van der Waals surface area (Å²) in [5, 5.41) is 4.95. The molecule has 0 saturated heterocycles. The van der Waals surface area contributed by atoms with Gasteiger partial charge in [-0.1, -0.05) is 12.2 Å². The van der Waals surface area contributed by atoms with E-state index in [0.717, 1.165) is 0 Å². The molecule has 1 rings (SSSR count). The minimum Gasteiger partial charge on any atom is -0.399 e. The number of rotatable bonds is 4. The molecule has 0 saturated carbocycles. The third kappa shape index (κ3) is 4.31. The number of carbonyl (C=O) groups is 2. The Hall–Kier alpha value is -1.99. The zero-order valence-electron chi connectivity index (χ0n) is 10.5. The molecule has 0 bridgehead atoms. The molecule has 1 aromatic rings. The fraction of sp³-hybridized carbons (Fsp3) is 0.250. The highest BCUT2D eigenvalue weighted by atomic mass is 32.1. The molecule has 102 valence electrons. The van der Waals surface area contributed by atoms with Crippen LogP contribution < -0.4 is 22.1 Å². The molecule has 1 atom stereocenters. The van der Waals surface area contributed by atoms with Gasteiger partial charge in [-0.3, -0.25) is 9.59 Å². The first kappa shape index (κ1) is 15.1. The van der Waals surface area contributed by atoms with Crippen molar-refractivity contribution in [3.8, 4) is 0 Å². The molecule has 1 aromatic carbocycles. The van der Waals surface area contributed by atoms with Crippen molar-refractivity contribution in [1.29, 1.82) is 0 Å². The van der Waals surface area contributed by atoms with Gasteiger partial charge in [0.05, 0.1) is 0 Å². The lowest BCUT2D eigenvalue weighted by Crippen LogP contribution is -2.51. The van der Waals surface area contributed by atoms with Crippen LogP contribution in [0, 0.1) is 0 Å². The van der Waals surface area contributed by atoms with Crippen LogP contribution in [0.15, 0.2) is 24.3 Å². The number of amides is 2. The molecule has 6 N–H and O–H groups in total. The molecule has 2 amide bonds. The number of thiocarbonyl (C=S) groups is 1. The molecule has 0 heterocycles. The second-order valence-corrected chi connectivity index (χ2v) is 4.25. The van der Waals surface area contributed by atoms with Crippen molar-refractivity contribution in [2.45, 2.75) is 13.0 Å². The SMILES string of the molecule is CCNC(=O)C(N)C(=S)NC(=O)c1ccc(N)cc1. The molecule has 0 aliphatic rings. The average Bonchev–Trinajstić information content (AvgIpc) is 2.38. The Bertz CT molecular complexity index is 487. The molecule has 0 aliphatic heterocycles. The summed E-state index contributed by atoms with van der Waals surface area (Å²) in [5.74, 6) is -0.852. The molecule has 0 radical (unpaired) electrons. The summed E-state index contributed by atoms with van der Waals surface area (Å²) in [6, 6.07) is 5.27. The second-order valence-electron chi connectivity index (χ2n) is 3.81. The van der Waals surface area contributed by atoms with Crippen LogP contribution in [0.25, 0.3) is 0 Å². The van der Waals surface area contributed by atoms with E-state index < -0.39 is 17.9 Å². The molecule has 0 fully saturated rings. The second kappa shape index (κ2) is 6.81.